The normalized spacial score (nSPS) is 12.3. The number of nitrogens with zero attached hydrogens (tertiary/aromatic N) is 4. The SMILES string of the molecule is Cc1nc(S[C@@H](C)C(=O)Nc2c(C)n(C)n(-c3ccccc3)c2=O)c2c(C)c(C)sc2n1. The molecule has 32 heavy (non-hydrogen) atoms. The Bertz CT molecular complexity index is 1390. The van der Waals surface area contributed by atoms with Gasteiger partial charge in [0.25, 0.3) is 5.56 Å². The van der Waals surface area contributed by atoms with Gasteiger partial charge in [0.2, 0.25) is 5.91 Å². The molecular formula is C23H25N5O2S2. The number of benzene rings is 1. The van der Waals surface area contributed by atoms with E-state index in [0.29, 0.717) is 17.2 Å². The first kappa shape index (κ1) is 22.3. The summed E-state index contributed by atoms with van der Waals surface area (Å²) in [6.45, 7) is 9.63. The number of aryl methyl sites for hydroxylation is 3. The largest absolute Gasteiger partial charge is 0.319 e. The maximum Gasteiger partial charge on any atom is 0.295 e. The zero-order chi connectivity index (χ0) is 23.2. The number of carbonyl (C=O) groups is 1. The number of hydrogen-bond acceptors (Lipinski definition) is 6. The van der Waals surface area contributed by atoms with Gasteiger partial charge in [0.1, 0.15) is 21.4 Å². The number of fused-ring (bicyclic) bond motifs is 1. The van der Waals surface area contributed by atoms with Gasteiger partial charge in [0.05, 0.1) is 16.6 Å². The molecule has 1 atom stereocenters. The number of nitrogens with one attached hydrogen (secondary N) is 1. The summed E-state index contributed by atoms with van der Waals surface area (Å²) in [5, 5.41) is 4.21. The molecular weight excluding hydrogens is 442 g/mol. The third-order valence-corrected chi connectivity index (χ3v) is 7.75. The number of aromatic nitrogens is 4. The number of anilines is 1. The van der Waals surface area contributed by atoms with Crippen LogP contribution in [0.4, 0.5) is 5.69 Å². The van der Waals surface area contributed by atoms with E-state index in [-0.39, 0.29) is 11.5 Å². The Morgan fingerprint density at radius 3 is 2.50 bits per heavy atom. The fraction of sp³-hybridized carbons (Fsp3) is 0.304. The molecule has 0 saturated carbocycles. The van der Waals surface area contributed by atoms with Crippen LogP contribution in [-0.2, 0) is 11.8 Å². The summed E-state index contributed by atoms with van der Waals surface area (Å²) < 4.78 is 3.30. The first-order valence-electron chi connectivity index (χ1n) is 10.2. The van der Waals surface area contributed by atoms with Gasteiger partial charge >= 0.3 is 0 Å². The highest BCUT2D eigenvalue weighted by molar-refractivity contribution is 8.00. The lowest BCUT2D eigenvalue weighted by molar-refractivity contribution is -0.115. The predicted octanol–water partition coefficient (Wildman–Crippen LogP) is 4.53. The number of para-hydroxylation sites is 1. The summed E-state index contributed by atoms with van der Waals surface area (Å²) in [7, 11) is 1.81. The second-order valence-corrected chi connectivity index (χ2v) is 10.3. The number of thiophene rings is 1. The van der Waals surface area contributed by atoms with Crippen LogP contribution < -0.4 is 10.9 Å². The van der Waals surface area contributed by atoms with E-state index >= 15 is 0 Å². The van der Waals surface area contributed by atoms with E-state index in [9.17, 15) is 9.59 Å². The zero-order valence-corrected chi connectivity index (χ0v) is 20.5. The lowest BCUT2D eigenvalue weighted by Gasteiger charge is -2.12. The van der Waals surface area contributed by atoms with E-state index in [4.69, 9.17) is 0 Å². The molecule has 4 rings (SSSR count). The summed E-state index contributed by atoms with van der Waals surface area (Å²) in [5.41, 5.74) is 2.61. The van der Waals surface area contributed by atoms with Crippen LogP contribution in [0.15, 0.2) is 40.2 Å². The van der Waals surface area contributed by atoms with Crippen LogP contribution in [0.5, 0.6) is 0 Å². The summed E-state index contributed by atoms with van der Waals surface area (Å²) >= 11 is 3.03. The second kappa shape index (κ2) is 8.55. The van der Waals surface area contributed by atoms with Crippen molar-refractivity contribution in [2.24, 2.45) is 7.05 Å². The molecule has 4 aromatic rings. The summed E-state index contributed by atoms with van der Waals surface area (Å²) in [4.78, 5) is 37.4. The number of hydrogen-bond donors (Lipinski definition) is 1. The first-order valence-corrected chi connectivity index (χ1v) is 11.9. The van der Waals surface area contributed by atoms with E-state index in [2.05, 4.69) is 29.1 Å². The molecule has 0 radical (unpaired) electrons. The summed E-state index contributed by atoms with van der Waals surface area (Å²) in [6, 6.07) is 9.37. The van der Waals surface area contributed by atoms with Gasteiger partial charge in [-0.2, -0.15) is 0 Å². The summed E-state index contributed by atoms with van der Waals surface area (Å²) in [5.74, 6) is 0.438. The molecule has 0 unspecified atom stereocenters. The highest BCUT2D eigenvalue weighted by Crippen LogP contribution is 2.36. The average molecular weight is 468 g/mol. The monoisotopic (exact) mass is 467 g/mol. The van der Waals surface area contributed by atoms with Gasteiger partial charge in [0.15, 0.2) is 0 Å². The predicted molar refractivity (Wildman–Crippen MR) is 131 cm³/mol. The molecule has 9 heteroatoms. The van der Waals surface area contributed by atoms with Crippen molar-refractivity contribution in [3.05, 3.63) is 62.6 Å². The zero-order valence-electron chi connectivity index (χ0n) is 18.9. The van der Waals surface area contributed by atoms with Crippen molar-refractivity contribution in [3.8, 4) is 5.69 Å². The van der Waals surface area contributed by atoms with E-state index < -0.39 is 5.25 Å². The average Bonchev–Trinajstić information content (AvgIpc) is 3.15. The van der Waals surface area contributed by atoms with Crippen molar-refractivity contribution < 1.29 is 4.79 Å². The molecule has 1 amide bonds. The molecule has 0 aliphatic carbocycles. The Balaban J connectivity index is 1.62. The molecule has 0 aliphatic heterocycles. The number of amides is 1. The summed E-state index contributed by atoms with van der Waals surface area (Å²) in [6.07, 6.45) is 0. The third-order valence-electron chi connectivity index (χ3n) is 5.57. The van der Waals surface area contributed by atoms with Crippen LogP contribution in [0.25, 0.3) is 15.9 Å². The van der Waals surface area contributed by atoms with E-state index in [1.165, 1.54) is 16.6 Å². The van der Waals surface area contributed by atoms with Crippen LogP contribution in [-0.4, -0.2) is 30.5 Å². The van der Waals surface area contributed by atoms with Crippen molar-refractivity contribution in [1.82, 2.24) is 19.3 Å². The lowest BCUT2D eigenvalue weighted by Crippen LogP contribution is -2.27. The topological polar surface area (TPSA) is 81.8 Å². The Labute approximate surface area is 194 Å². The Kier molecular flexibility index (Phi) is 5.96. The molecule has 0 saturated heterocycles. The highest BCUT2D eigenvalue weighted by atomic mass is 32.2. The van der Waals surface area contributed by atoms with Gasteiger partial charge < -0.3 is 5.32 Å². The second-order valence-electron chi connectivity index (χ2n) is 7.73. The van der Waals surface area contributed by atoms with Gasteiger partial charge in [-0.25, -0.2) is 14.6 Å². The Hall–Kier alpha value is -2.91. The molecule has 0 spiro atoms. The molecule has 7 nitrogen and oxygen atoms in total. The van der Waals surface area contributed by atoms with Gasteiger partial charge in [-0.3, -0.25) is 14.3 Å². The van der Waals surface area contributed by atoms with E-state index in [1.54, 1.807) is 27.7 Å². The maximum atomic E-state index is 13.1. The number of thioether (sulfide) groups is 1. The lowest BCUT2D eigenvalue weighted by atomic mass is 10.2. The van der Waals surface area contributed by atoms with Crippen LogP contribution in [0.3, 0.4) is 0 Å². The minimum absolute atomic E-state index is 0.241. The molecule has 3 heterocycles. The van der Waals surface area contributed by atoms with E-state index in [1.807, 2.05) is 51.1 Å². The van der Waals surface area contributed by atoms with Gasteiger partial charge in [-0.05, 0) is 52.3 Å². The van der Waals surface area contributed by atoms with Crippen molar-refractivity contribution in [2.45, 2.75) is 44.9 Å². The molecule has 166 valence electrons. The van der Waals surface area contributed by atoms with Crippen LogP contribution in [0, 0.1) is 27.7 Å². The molecule has 1 aromatic carbocycles. The van der Waals surface area contributed by atoms with Crippen molar-refractivity contribution in [1.29, 1.82) is 0 Å². The number of carbonyl (C=O) groups excluding carboxylic acids is 1. The van der Waals surface area contributed by atoms with Gasteiger partial charge in [-0.15, -0.1) is 11.3 Å². The van der Waals surface area contributed by atoms with Crippen molar-refractivity contribution >= 4 is 44.9 Å². The minimum Gasteiger partial charge on any atom is -0.319 e. The van der Waals surface area contributed by atoms with Crippen LogP contribution in [0.2, 0.25) is 0 Å². The fourth-order valence-electron chi connectivity index (χ4n) is 3.56. The first-order chi connectivity index (χ1) is 15.2. The molecule has 3 aromatic heterocycles. The standard InChI is InChI=1S/C23H25N5O2S2/c1-12-14(3)31-21-18(12)22(25-16(5)24-21)32-15(4)20(29)26-19-13(2)27(6)28(23(19)30)17-10-8-7-9-11-17/h7-11,15H,1-6H3,(H,26,29)/t15-/m0/s1. The van der Waals surface area contributed by atoms with Crippen molar-refractivity contribution in [3.63, 3.8) is 0 Å². The molecule has 0 aliphatic rings. The van der Waals surface area contributed by atoms with Gasteiger partial charge in [-0.1, -0.05) is 30.0 Å². The maximum absolute atomic E-state index is 13.1. The highest BCUT2D eigenvalue weighted by Gasteiger charge is 2.23. The van der Waals surface area contributed by atoms with Crippen LogP contribution in [0.1, 0.15) is 28.9 Å². The molecule has 0 bridgehead atoms. The molecule has 1 N–H and O–H groups in total. The third kappa shape index (κ3) is 3.86. The fourth-order valence-corrected chi connectivity index (χ4v) is 5.75. The Morgan fingerprint density at radius 1 is 1.12 bits per heavy atom. The smallest absolute Gasteiger partial charge is 0.295 e. The Morgan fingerprint density at radius 2 is 1.81 bits per heavy atom. The van der Waals surface area contributed by atoms with E-state index in [0.717, 1.165) is 26.5 Å². The molecule has 0 fully saturated rings. The minimum atomic E-state index is -0.448. The van der Waals surface area contributed by atoms with Crippen LogP contribution >= 0.6 is 23.1 Å². The quantitative estimate of drug-likeness (QED) is 0.344. The van der Waals surface area contributed by atoms with Crippen molar-refractivity contribution in [2.75, 3.05) is 5.32 Å². The number of rotatable bonds is 5. The van der Waals surface area contributed by atoms with Gasteiger partial charge in [0, 0.05) is 17.3 Å².